The van der Waals surface area contributed by atoms with Gasteiger partial charge in [-0.2, -0.15) is 0 Å². The number of imide groups is 1. The van der Waals surface area contributed by atoms with E-state index in [-0.39, 0.29) is 60.9 Å². The van der Waals surface area contributed by atoms with E-state index in [0.29, 0.717) is 31.5 Å². The Balaban J connectivity index is 1.57. The molecule has 1 heterocycles. The molecule has 1 aromatic rings. The number of likely N-dealkylation sites (tertiary alicyclic amines) is 1. The number of carbonyl (C=O) groups excluding carboxylic acids is 5. The van der Waals surface area contributed by atoms with Crippen LogP contribution >= 0.6 is 0 Å². The summed E-state index contributed by atoms with van der Waals surface area (Å²) in [6.45, 7) is 6.05. The highest BCUT2D eigenvalue weighted by Gasteiger charge is 2.45. The van der Waals surface area contributed by atoms with Gasteiger partial charge < -0.3 is 16.0 Å². The molecule has 36 heavy (non-hydrogen) atoms. The van der Waals surface area contributed by atoms with E-state index in [0.717, 1.165) is 12.7 Å². The summed E-state index contributed by atoms with van der Waals surface area (Å²) >= 11 is 0. The normalized spacial score (nSPS) is 15.6. The minimum atomic E-state index is -0.449. The fourth-order valence-corrected chi connectivity index (χ4v) is 4.04. The standard InChI is InChI=1S/C26H39BN4O5/c1-4-26(2,3)20-14-24(35)31(25(20)36)13-7-5-6-8-21(32)28-16-22(33)29-17-23(34)30-19-11-9-18(15-27)10-12-19/h9-12,20H,4-8,13-17,27H2,1-3H3,(H,28,32)(H,29,33)(H,30,34). The van der Waals surface area contributed by atoms with E-state index >= 15 is 0 Å². The molecule has 10 heteroatoms. The van der Waals surface area contributed by atoms with Crippen molar-refractivity contribution in [2.75, 3.05) is 25.0 Å². The van der Waals surface area contributed by atoms with Crippen LogP contribution in [0.3, 0.4) is 0 Å². The summed E-state index contributed by atoms with van der Waals surface area (Å²) in [6.07, 6.45) is 4.19. The topological polar surface area (TPSA) is 125 Å². The second-order valence-corrected chi connectivity index (χ2v) is 9.95. The molecule has 0 aromatic heterocycles. The van der Waals surface area contributed by atoms with Gasteiger partial charge in [0.15, 0.2) is 0 Å². The zero-order chi connectivity index (χ0) is 26.7. The number of benzene rings is 1. The third kappa shape index (κ3) is 8.80. The maximum Gasteiger partial charge on any atom is 0.243 e. The smallest absolute Gasteiger partial charge is 0.243 e. The molecule has 0 saturated carbocycles. The van der Waals surface area contributed by atoms with Gasteiger partial charge in [-0.1, -0.05) is 57.6 Å². The molecule has 1 aliphatic heterocycles. The van der Waals surface area contributed by atoms with Crippen molar-refractivity contribution in [3.05, 3.63) is 29.8 Å². The van der Waals surface area contributed by atoms with E-state index in [4.69, 9.17) is 0 Å². The number of nitrogens with one attached hydrogen (secondary N) is 3. The SMILES string of the molecule is BCc1ccc(NC(=O)CNC(=O)CNC(=O)CCCCCN2C(=O)CC(C(C)(C)CC)C2=O)cc1. The molecule has 0 aliphatic carbocycles. The number of unbranched alkanes of at least 4 members (excludes halogenated alkanes) is 2. The summed E-state index contributed by atoms with van der Waals surface area (Å²) < 4.78 is 0. The Morgan fingerprint density at radius 1 is 0.972 bits per heavy atom. The lowest BCUT2D eigenvalue weighted by atomic mass is 9.76. The number of amides is 5. The largest absolute Gasteiger partial charge is 0.347 e. The lowest BCUT2D eigenvalue weighted by Gasteiger charge is -2.28. The summed E-state index contributed by atoms with van der Waals surface area (Å²) in [6, 6.07) is 7.48. The van der Waals surface area contributed by atoms with Crippen LogP contribution in [0.1, 0.15) is 64.9 Å². The number of rotatable bonds is 14. The first-order valence-electron chi connectivity index (χ1n) is 12.8. The molecule has 1 aliphatic rings. The Kier molecular flexibility index (Phi) is 11.1. The lowest BCUT2D eigenvalue weighted by Crippen LogP contribution is -2.40. The Labute approximate surface area is 214 Å². The summed E-state index contributed by atoms with van der Waals surface area (Å²) in [4.78, 5) is 62.2. The van der Waals surface area contributed by atoms with Gasteiger partial charge in [-0.3, -0.25) is 28.9 Å². The summed E-state index contributed by atoms with van der Waals surface area (Å²) in [7, 11) is 2.05. The van der Waals surface area contributed by atoms with Crippen LogP contribution in [0.5, 0.6) is 0 Å². The summed E-state index contributed by atoms with van der Waals surface area (Å²) in [5, 5.41) is 7.73. The average molecular weight is 498 g/mol. The first kappa shape index (κ1) is 29.1. The Morgan fingerprint density at radius 2 is 1.61 bits per heavy atom. The molecule has 196 valence electrons. The number of hydrogen-bond donors (Lipinski definition) is 3. The van der Waals surface area contributed by atoms with Gasteiger partial charge in [0.25, 0.3) is 0 Å². The first-order chi connectivity index (χ1) is 17.1. The highest BCUT2D eigenvalue weighted by molar-refractivity contribution is 6.08. The van der Waals surface area contributed by atoms with Crippen LogP contribution in [0.4, 0.5) is 5.69 Å². The molecule has 0 radical (unpaired) electrons. The van der Waals surface area contributed by atoms with Crippen LogP contribution in [-0.4, -0.2) is 61.9 Å². The van der Waals surface area contributed by atoms with Crippen LogP contribution in [0, 0.1) is 11.3 Å². The Hall–Kier alpha value is -3.17. The summed E-state index contributed by atoms with van der Waals surface area (Å²) in [5.41, 5.74) is 1.62. The van der Waals surface area contributed by atoms with Crippen molar-refractivity contribution < 1.29 is 24.0 Å². The summed E-state index contributed by atoms with van der Waals surface area (Å²) in [5.74, 6) is -1.51. The molecule has 1 fully saturated rings. The molecule has 1 aromatic carbocycles. The molecule has 5 amide bonds. The molecular weight excluding hydrogens is 459 g/mol. The Morgan fingerprint density at radius 3 is 2.25 bits per heavy atom. The monoisotopic (exact) mass is 498 g/mol. The zero-order valence-corrected chi connectivity index (χ0v) is 21.9. The van der Waals surface area contributed by atoms with E-state index in [1.807, 2.05) is 52.9 Å². The van der Waals surface area contributed by atoms with Gasteiger partial charge in [0.05, 0.1) is 19.0 Å². The van der Waals surface area contributed by atoms with E-state index in [1.165, 1.54) is 10.5 Å². The molecule has 3 N–H and O–H groups in total. The predicted molar refractivity (Wildman–Crippen MR) is 141 cm³/mol. The van der Waals surface area contributed by atoms with Crippen molar-refractivity contribution in [3.8, 4) is 0 Å². The predicted octanol–water partition coefficient (Wildman–Crippen LogP) is 1.36. The lowest BCUT2D eigenvalue weighted by molar-refractivity contribution is -0.140. The second-order valence-electron chi connectivity index (χ2n) is 9.95. The van der Waals surface area contributed by atoms with Crippen molar-refractivity contribution in [2.45, 2.75) is 65.6 Å². The minimum Gasteiger partial charge on any atom is -0.347 e. The zero-order valence-electron chi connectivity index (χ0n) is 21.9. The third-order valence-electron chi connectivity index (χ3n) is 6.92. The molecule has 1 unspecified atom stereocenters. The van der Waals surface area contributed by atoms with Crippen molar-refractivity contribution in [3.63, 3.8) is 0 Å². The molecule has 0 bridgehead atoms. The molecule has 2 rings (SSSR count). The molecular formula is C26H39BN4O5. The van der Waals surface area contributed by atoms with E-state index < -0.39 is 5.91 Å². The third-order valence-corrected chi connectivity index (χ3v) is 6.92. The van der Waals surface area contributed by atoms with Gasteiger partial charge >= 0.3 is 0 Å². The number of anilines is 1. The minimum absolute atomic E-state index is 0.0845. The van der Waals surface area contributed by atoms with E-state index in [9.17, 15) is 24.0 Å². The van der Waals surface area contributed by atoms with Gasteiger partial charge in [-0.05, 0) is 30.4 Å². The van der Waals surface area contributed by atoms with Gasteiger partial charge in [-0.25, -0.2) is 0 Å². The van der Waals surface area contributed by atoms with Crippen LogP contribution in [0.15, 0.2) is 24.3 Å². The van der Waals surface area contributed by atoms with Gasteiger partial charge in [-0.15, -0.1) is 0 Å². The van der Waals surface area contributed by atoms with E-state index in [1.54, 1.807) is 0 Å². The number of carbonyl (C=O) groups is 5. The second kappa shape index (κ2) is 13.8. The maximum absolute atomic E-state index is 12.6. The number of nitrogens with zero attached hydrogens (tertiary/aromatic N) is 1. The van der Waals surface area contributed by atoms with E-state index in [2.05, 4.69) is 16.0 Å². The van der Waals surface area contributed by atoms with Crippen molar-refractivity contribution >= 4 is 43.1 Å². The Bertz CT molecular complexity index is 948. The highest BCUT2D eigenvalue weighted by atomic mass is 16.2. The molecule has 9 nitrogen and oxygen atoms in total. The van der Waals surface area contributed by atoms with Crippen molar-refractivity contribution in [2.24, 2.45) is 11.3 Å². The van der Waals surface area contributed by atoms with Crippen molar-refractivity contribution in [1.82, 2.24) is 15.5 Å². The maximum atomic E-state index is 12.6. The van der Waals surface area contributed by atoms with Gasteiger partial charge in [0, 0.05) is 25.1 Å². The fourth-order valence-electron chi connectivity index (χ4n) is 4.04. The van der Waals surface area contributed by atoms with Gasteiger partial charge in [0.1, 0.15) is 7.85 Å². The van der Waals surface area contributed by atoms with Crippen LogP contribution in [0.25, 0.3) is 0 Å². The van der Waals surface area contributed by atoms with Gasteiger partial charge in [0.2, 0.25) is 29.5 Å². The number of hydrogen-bond acceptors (Lipinski definition) is 5. The quantitative estimate of drug-likeness (QED) is 0.203. The highest BCUT2D eigenvalue weighted by Crippen LogP contribution is 2.38. The molecule has 1 saturated heterocycles. The molecule has 1 atom stereocenters. The van der Waals surface area contributed by atoms with Crippen LogP contribution in [-0.2, 0) is 30.3 Å². The van der Waals surface area contributed by atoms with Crippen LogP contribution < -0.4 is 16.0 Å². The average Bonchev–Trinajstić information content (AvgIpc) is 3.15. The first-order valence-corrected chi connectivity index (χ1v) is 12.8. The van der Waals surface area contributed by atoms with Crippen molar-refractivity contribution in [1.29, 1.82) is 0 Å². The fraction of sp³-hybridized carbons (Fsp3) is 0.577. The molecule has 0 spiro atoms. The van der Waals surface area contributed by atoms with Crippen LogP contribution in [0.2, 0.25) is 0 Å².